The number of methoxy groups -OCH3 is 1. The number of rotatable bonds is 7. The molecule has 3 nitrogen and oxygen atoms in total. The van der Waals surface area contributed by atoms with Gasteiger partial charge in [-0.25, -0.2) is 0 Å². The van der Waals surface area contributed by atoms with Crippen LogP contribution in [0.5, 0.6) is 5.75 Å². The first kappa shape index (κ1) is 21.0. The van der Waals surface area contributed by atoms with Crippen LogP contribution in [0.4, 0.5) is 0 Å². The first-order valence-corrected chi connectivity index (χ1v) is 11.7. The Morgan fingerprint density at radius 1 is 0.793 bits per heavy atom. The molecule has 29 heavy (non-hydrogen) atoms. The van der Waals surface area contributed by atoms with Gasteiger partial charge in [0.1, 0.15) is 12.4 Å². The van der Waals surface area contributed by atoms with Crippen molar-refractivity contribution in [3.63, 3.8) is 0 Å². The van der Waals surface area contributed by atoms with E-state index in [1.165, 1.54) is 17.5 Å². The van der Waals surface area contributed by atoms with Gasteiger partial charge < -0.3 is 9.16 Å². The molecule has 0 N–H and O–H groups in total. The highest BCUT2D eigenvalue weighted by atomic mass is 28.4. The van der Waals surface area contributed by atoms with Crippen molar-refractivity contribution in [3.05, 3.63) is 90.5 Å². The molecule has 0 atom stereocenters. The number of benzene rings is 3. The van der Waals surface area contributed by atoms with Gasteiger partial charge in [-0.1, -0.05) is 81.4 Å². The lowest BCUT2D eigenvalue weighted by atomic mass is 10.1. The van der Waals surface area contributed by atoms with Gasteiger partial charge in [0.2, 0.25) is 0 Å². The first-order valence-electron chi connectivity index (χ1n) is 9.81. The molecule has 0 spiro atoms. The van der Waals surface area contributed by atoms with Crippen LogP contribution >= 0.6 is 0 Å². The molecule has 0 aliphatic rings. The summed E-state index contributed by atoms with van der Waals surface area (Å²) in [4.78, 5) is 12.1. The number of hydrogen-bond donors (Lipinski definition) is 0. The lowest BCUT2D eigenvalue weighted by molar-refractivity contribution is 0.0848. The van der Waals surface area contributed by atoms with Gasteiger partial charge in [0.15, 0.2) is 5.78 Å². The molecule has 0 saturated carbocycles. The average Bonchev–Trinajstić information content (AvgIpc) is 2.73. The molecule has 3 aromatic rings. The summed E-state index contributed by atoms with van der Waals surface area (Å²) >= 11 is 0. The quantitative estimate of drug-likeness (QED) is 0.431. The van der Waals surface area contributed by atoms with E-state index in [0.29, 0.717) is 5.56 Å². The smallest absolute Gasteiger partial charge is 0.319 e. The lowest BCUT2D eigenvalue weighted by Gasteiger charge is -2.43. The van der Waals surface area contributed by atoms with Crippen molar-refractivity contribution in [3.8, 4) is 5.75 Å². The molecule has 4 heteroatoms. The van der Waals surface area contributed by atoms with E-state index >= 15 is 0 Å². The van der Waals surface area contributed by atoms with Crippen LogP contribution < -0.4 is 14.8 Å². The maximum Gasteiger partial charge on any atom is 0.319 e. The van der Waals surface area contributed by atoms with Crippen molar-refractivity contribution >= 4 is 24.5 Å². The number of ketones is 1. The highest BCUT2D eigenvalue weighted by molar-refractivity contribution is 7.00. The van der Waals surface area contributed by atoms with E-state index in [-0.39, 0.29) is 17.4 Å². The van der Waals surface area contributed by atoms with Crippen molar-refractivity contribution < 1.29 is 14.0 Å². The number of hydrogen-bond acceptors (Lipinski definition) is 3. The number of ether oxygens (including phenoxy) is 1. The molecule has 0 fully saturated rings. The minimum Gasteiger partial charge on any atom is -0.534 e. The summed E-state index contributed by atoms with van der Waals surface area (Å²) in [6, 6.07) is 28.4. The highest BCUT2D eigenvalue weighted by Gasteiger charge is 2.52. The van der Waals surface area contributed by atoms with E-state index in [0.717, 1.165) is 5.75 Å². The van der Waals surface area contributed by atoms with Crippen LogP contribution in [0.2, 0.25) is 5.04 Å². The Morgan fingerprint density at radius 3 is 1.69 bits per heavy atom. The van der Waals surface area contributed by atoms with E-state index in [1.807, 2.05) is 36.4 Å². The molecular weight excluding hydrogens is 376 g/mol. The van der Waals surface area contributed by atoms with Crippen molar-refractivity contribution in [2.75, 3.05) is 13.7 Å². The standard InChI is InChI=1S/C25H28O3Si/c1-25(2,3)29(22-11-7-5-8-12-22,23-13-9-6-10-14-23)28-21-17-15-20(16-18-21)24(26)19-27-4/h5-18H,19H2,1-4H3. The molecule has 0 saturated heterocycles. The van der Waals surface area contributed by atoms with E-state index in [2.05, 4.69) is 69.3 Å². The number of Topliss-reactive ketones (excluding diaryl/α,β-unsaturated/α-hetero) is 1. The Hall–Kier alpha value is -2.69. The zero-order valence-electron chi connectivity index (χ0n) is 17.5. The van der Waals surface area contributed by atoms with Gasteiger partial charge >= 0.3 is 8.32 Å². The largest absolute Gasteiger partial charge is 0.534 e. The van der Waals surface area contributed by atoms with E-state index in [1.54, 1.807) is 0 Å². The second-order valence-electron chi connectivity index (χ2n) is 8.15. The molecule has 0 aromatic heterocycles. The third-order valence-electron chi connectivity index (χ3n) is 5.14. The van der Waals surface area contributed by atoms with E-state index < -0.39 is 8.32 Å². The lowest BCUT2D eigenvalue weighted by Crippen LogP contribution is -2.68. The molecule has 0 amide bonds. The molecule has 3 rings (SSSR count). The average molecular weight is 405 g/mol. The molecule has 0 radical (unpaired) electrons. The molecule has 0 unspecified atom stereocenters. The van der Waals surface area contributed by atoms with Gasteiger partial charge in [0, 0.05) is 12.7 Å². The van der Waals surface area contributed by atoms with Crippen molar-refractivity contribution in [1.82, 2.24) is 0 Å². The summed E-state index contributed by atoms with van der Waals surface area (Å²) in [5.74, 6) is 0.734. The van der Waals surface area contributed by atoms with Crippen LogP contribution in [-0.4, -0.2) is 27.8 Å². The third-order valence-corrected chi connectivity index (χ3v) is 10.1. The predicted octanol–water partition coefficient (Wildman–Crippen LogP) is 4.45. The van der Waals surface area contributed by atoms with Crippen molar-refractivity contribution in [1.29, 1.82) is 0 Å². The third kappa shape index (κ3) is 4.34. The summed E-state index contributed by atoms with van der Waals surface area (Å²) in [6.07, 6.45) is 0. The number of carbonyl (C=O) groups is 1. The zero-order valence-corrected chi connectivity index (χ0v) is 18.5. The fraction of sp³-hybridized carbons (Fsp3) is 0.240. The van der Waals surface area contributed by atoms with Crippen molar-refractivity contribution in [2.45, 2.75) is 25.8 Å². The monoisotopic (exact) mass is 404 g/mol. The molecule has 0 aliphatic carbocycles. The van der Waals surface area contributed by atoms with Crippen LogP contribution in [0.15, 0.2) is 84.9 Å². The molecule has 3 aromatic carbocycles. The number of carbonyl (C=O) groups excluding carboxylic acids is 1. The second-order valence-corrected chi connectivity index (χ2v) is 12.4. The molecule has 0 heterocycles. The molecule has 0 aliphatic heterocycles. The van der Waals surface area contributed by atoms with Gasteiger partial charge in [0.05, 0.1) is 0 Å². The van der Waals surface area contributed by atoms with Crippen molar-refractivity contribution in [2.24, 2.45) is 0 Å². The predicted molar refractivity (Wildman–Crippen MR) is 121 cm³/mol. The SMILES string of the molecule is COCC(=O)c1ccc(O[Si](c2ccccc2)(c2ccccc2)C(C)(C)C)cc1. The summed E-state index contributed by atoms with van der Waals surface area (Å²) < 4.78 is 11.9. The molecule has 150 valence electrons. The zero-order chi connectivity index (χ0) is 20.9. The van der Waals surface area contributed by atoms with E-state index in [4.69, 9.17) is 9.16 Å². The Bertz CT molecular complexity index is 890. The minimum atomic E-state index is -2.66. The fourth-order valence-corrected chi connectivity index (χ4v) is 8.17. The Balaban J connectivity index is 2.10. The normalized spacial score (nSPS) is 11.9. The summed E-state index contributed by atoms with van der Waals surface area (Å²) in [5, 5.41) is 2.33. The first-order chi connectivity index (χ1) is 13.9. The van der Waals surface area contributed by atoms with Crippen LogP contribution in [0.25, 0.3) is 0 Å². The van der Waals surface area contributed by atoms with Crippen LogP contribution in [0.1, 0.15) is 31.1 Å². The van der Waals surface area contributed by atoms with Crippen LogP contribution in [0.3, 0.4) is 0 Å². The maximum absolute atomic E-state index is 12.1. The van der Waals surface area contributed by atoms with Gasteiger partial charge in [-0.2, -0.15) is 0 Å². The Labute approximate surface area is 174 Å². The topological polar surface area (TPSA) is 35.5 Å². The summed E-state index contributed by atoms with van der Waals surface area (Å²) in [6.45, 7) is 6.82. The molecule has 0 bridgehead atoms. The minimum absolute atomic E-state index is 0.0375. The second kappa shape index (κ2) is 8.76. The van der Waals surface area contributed by atoms with Crippen LogP contribution in [0, 0.1) is 0 Å². The Morgan fingerprint density at radius 2 is 1.28 bits per heavy atom. The van der Waals surface area contributed by atoms with Crippen LogP contribution in [-0.2, 0) is 4.74 Å². The summed E-state index contributed by atoms with van der Waals surface area (Å²) in [7, 11) is -1.13. The van der Waals surface area contributed by atoms with E-state index in [9.17, 15) is 4.79 Å². The van der Waals surface area contributed by atoms with Gasteiger partial charge in [-0.15, -0.1) is 0 Å². The summed E-state index contributed by atoms with van der Waals surface area (Å²) in [5.41, 5.74) is 0.627. The molecular formula is C25H28O3Si. The highest BCUT2D eigenvalue weighted by Crippen LogP contribution is 2.37. The fourth-order valence-electron chi connectivity index (χ4n) is 3.75. The van der Waals surface area contributed by atoms with Gasteiger partial charge in [-0.3, -0.25) is 4.79 Å². The maximum atomic E-state index is 12.1. The Kier molecular flexibility index (Phi) is 6.35. The van der Waals surface area contributed by atoms with Gasteiger partial charge in [-0.05, 0) is 39.7 Å². The van der Waals surface area contributed by atoms with Gasteiger partial charge in [0.25, 0.3) is 0 Å².